The summed E-state index contributed by atoms with van der Waals surface area (Å²) in [6, 6.07) is 14.8. The number of nitrogens with one attached hydrogen (secondary N) is 1. The molecule has 0 aromatic heterocycles. The number of ether oxygens (including phenoxy) is 3. The van der Waals surface area contributed by atoms with Crippen LogP contribution in [-0.4, -0.2) is 23.9 Å². The molecule has 28 heavy (non-hydrogen) atoms. The number of hydrazine groups is 1. The van der Waals surface area contributed by atoms with Gasteiger partial charge in [0.25, 0.3) is 0 Å². The van der Waals surface area contributed by atoms with Gasteiger partial charge in [-0.3, -0.25) is 0 Å². The molecular weight excluding hydrogens is 352 g/mol. The molecule has 0 amide bonds. The van der Waals surface area contributed by atoms with Crippen LogP contribution in [-0.2, 0) is 0 Å². The molecule has 5 heteroatoms. The van der Waals surface area contributed by atoms with E-state index < -0.39 is 0 Å². The lowest BCUT2D eigenvalue weighted by atomic mass is 9.87. The van der Waals surface area contributed by atoms with E-state index in [-0.39, 0.29) is 11.8 Å². The lowest BCUT2D eigenvalue weighted by Gasteiger charge is -2.50. The zero-order valence-electron chi connectivity index (χ0n) is 15.8. The molecule has 0 bridgehead atoms. The second-order valence-corrected chi connectivity index (χ2v) is 8.01. The lowest BCUT2D eigenvalue weighted by Crippen LogP contribution is -2.60. The molecule has 1 N–H and O–H groups in total. The van der Waals surface area contributed by atoms with Gasteiger partial charge in [-0.15, -0.1) is 0 Å². The molecule has 1 saturated carbocycles. The molecule has 0 radical (unpaired) electrons. The van der Waals surface area contributed by atoms with Gasteiger partial charge < -0.3 is 19.6 Å². The van der Waals surface area contributed by atoms with E-state index in [4.69, 9.17) is 14.2 Å². The van der Waals surface area contributed by atoms with Crippen molar-refractivity contribution in [3.05, 3.63) is 59.7 Å². The summed E-state index contributed by atoms with van der Waals surface area (Å²) < 4.78 is 18.1. The van der Waals surface area contributed by atoms with Crippen LogP contribution in [0.15, 0.2) is 48.5 Å². The third-order valence-corrected chi connectivity index (χ3v) is 6.31. The molecule has 1 atom stereocenters. The van der Waals surface area contributed by atoms with Crippen molar-refractivity contribution in [2.75, 3.05) is 13.2 Å². The van der Waals surface area contributed by atoms with Gasteiger partial charge in [-0.2, -0.15) is 5.01 Å². The maximum atomic E-state index is 6.63. The number of rotatable bonds is 1. The fourth-order valence-electron chi connectivity index (χ4n) is 4.94. The fraction of sp³-hybridized carbons (Fsp3) is 0.391. The van der Waals surface area contributed by atoms with E-state index in [2.05, 4.69) is 52.9 Å². The molecule has 5 nitrogen and oxygen atoms in total. The molecule has 0 unspecified atom stereocenters. The topological polar surface area (TPSA) is 43.0 Å². The molecular formula is C23H24N2O3. The van der Waals surface area contributed by atoms with E-state index in [9.17, 15) is 0 Å². The Hall–Kier alpha value is -2.66. The highest BCUT2D eigenvalue weighted by atomic mass is 16.6. The summed E-state index contributed by atoms with van der Waals surface area (Å²) in [6.45, 7) is 1.21. The minimum Gasteiger partial charge on any atom is -0.486 e. The second-order valence-electron chi connectivity index (χ2n) is 8.01. The SMILES string of the molecule is C1=C(c2ccc3c(c2)OCCO3)NN2[C@@H]1c1ccccc1OC21CCCCC1. The Bertz CT molecular complexity index is 949. The Labute approximate surface area is 164 Å². The van der Waals surface area contributed by atoms with Gasteiger partial charge >= 0.3 is 0 Å². The summed E-state index contributed by atoms with van der Waals surface area (Å²) in [5, 5.41) is 2.35. The third-order valence-electron chi connectivity index (χ3n) is 6.31. The second kappa shape index (κ2) is 6.17. The molecule has 1 aliphatic carbocycles. The molecule has 3 heterocycles. The van der Waals surface area contributed by atoms with Gasteiger partial charge in [-0.25, -0.2) is 0 Å². The molecule has 144 valence electrons. The van der Waals surface area contributed by atoms with E-state index >= 15 is 0 Å². The minimum absolute atomic E-state index is 0.172. The van der Waals surface area contributed by atoms with E-state index in [1.165, 1.54) is 24.8 Å². The Balaban J connectivity index is 1.41. The number of nitrogens with zero attached hydrogens (tertiary/aromatic N) is 1. The van der Waals surface area contributed by atoms with E-state index in [1.54, 1.807) is 0 Å². The number of fused-ring (bicyclic) bond motifs is 5. The van der Waals surface area contributed by atoms with Crippen LogP contribution in [0.4, 0.5) is 0 Å². The first-order chi connectivity index (χ1) is 13.8. The van der Waals surface area contributed by atoms with E-state index in [0.29, 0.717) is 13.2 Å². The molecule has 0 saturated heterocycles. The molecule has 1 spiro atoms. The Morgan fingerprint density at radius 3 is 2.61 bits per heavy atom. The monoisotopic (exact) mass is 376 g/mol. The van der Waals surface area contributed by atoms with Crippen LogP contribution in [0.25, 0.3) is 5.70 Å². The molecule has 6 rings (SSSR count). The Morgan fingerprint density at radius 2 is 1.71 bits per heavy atom. The normalized spacial score (nSPS) is 24.6. The van der Waals surface area contributed by atoms with Gasteiger partial charge in [0.2, 0.25) is 0 Å². The van der Waals surface area contributed by atoms with Gasteiger partial charge in [-0.05, 0) is 43.2 Å². The highest BCUT2D eigenvalue weighted by Crippen LogP contribution is 2.50. The molecule has 2 aromatic carbocycles. The largest absolute Gasteiger partial charge is 0.486 e. The first-order valence-electron chi connectivity index (χ1n) is 10.3. The standard InChI is InChI=1S/C23H24N2O3/c1-4-10-23(11-5-1)25-19(17-6-2-3-7-20(17)28-23)15-18(24-25)16-8-9-21-22(14-16)27-13-12-26-21/h2-3,6-9,14-15,19,24H,1,4-5,10-13H2/t19-/m0/s1. The highest BCUT2D eigenvalue weighted by Gasteiger charge is 2.50. The van der Waals surface area contributed by atoms with Crippen molar-refractivity contribution in [1.82, 2.24) is 10.4 Å². The summed E-state index contributed by atoms with van der Waals surface area (Å²) in [6.07, 6.45) is 8.11. The summed E-state index contributed by atoms with van der Waals surface area (Å²) in [7, 11) is 0. The van der Waals surface area contributed by atoms with Gasteiger partial charge in [0.05, 0.1) is 11.7 Å². The lowest BCUT2D eigenvalue weighted by molar-refractivity contribution is -0.150. The summed E-state index contributed by atoms with van der Waals surface area (Å²) >= 11 is 0. The molecule has 2 aromatic rings. The average Bonchev–Trinajstić information content (AvgIpc) is 3.21. The highest BCUT2D eigenvalue weighted by molar-refractivity contribution is 5.70. The first-order valence-corrected chi connectivity index (χ1v) is 10.3. The van der Waals surface area contributed by atoms with Crippen molar-refractivity contribution < 1.29 is 14.2 Å². The molecule has 4 aliphatic rings. The van der Waals surface area contributed by atoms with Crippen LogP contribution in [0.2, 0.25) is 0 Å². The maximum absolute atomic E-state index is 6.63. The average molecular weight is 376 g/mol. The van der Waals surface area contributed by atoms with Crippen molar-refractivity contribution >= 4 is 5.70 Å². The smallest absolute Gasteiger partial charge is 0.180 e. The Morgan fingerprint density at radius 1 is 0.893 bits per heavy atom. The van der Waals surface area contributed by atoms with E-state index in [1.807, 2.05) is 6.07 Å². The van der Waals surface area contributed by atoms with Crippen molar-refractivity contribution in [2.24, 2.45) is 0 Å². The molecule has 3 aliphatic heterocycles. The number of para-hydroxylation sites is 1. The Kier molecular flexibility index (Phi) is 3.60. The van der Waals surface area contributed by atoms with Crippen LogP contribution in [0.1, 0.15) is 49.3 Å². The zero-order valence-corrected chi connectivity index (χ0v) is 15.8. The maximum Gasteiger partial charge on any atom is 0.180 e. The molecule has 1 fully saturated rings. The van der Waals surface area contributed by atoms with E-state index in [0.717, 1.165) is 41.4 Å². The number of hydrogen-bond donors (Lipinski definition) is 1. The minimum atomic E-state index is -0.274. The van der Waals surface area contributed by atoms with Gasteiger partial charge in [0.1, 0.15) is 19.0 Å². The summed E-state index contributed by atoms with van der Waals surface area (Å²) in [5.41, 5.74) is 6.85. The predicted molar refractivity (Wildman–Crippen MR) is 106 cm³/mol. The van der Waals surface area contributed by atoms with Crippen molar-refractivity contribution in [3.8, 4) is 17.2 Å². The number of benzene rings is 2. The predicted octanol–water partition coefficient (Wildman–Crippen LogP) is 4.41. The van der Waals surface area contributed by atoms with Crippen LogP contribution < -0.4 is 19.6 Å². The van der Waals surface area contributed by atoms with Gasteiger partial charge in [-0.1, -0.05) is 24.6 Å². The quantitative estimate of drug-likeness (QED) is 0.798. The zero-order chi connectivity index (χ0) is 18.6. The van der Waals surface area contributed by atoms with Crippen LogP contribution in [0, 0.1) is 0 Å². The number of hydrogen-bond acceptors (Lipinski definition) is 5. The van der Waals surface area contributed by atoms with Crippen molar-refractivity contribution in [3.63, 3.8) is 0 Å². The van der Waals surface area contributed by atoms with Gasteiger partial charge in [0.15, 0.2) is 17.2 Å². The first kappa shape index (κ1) is 16.3. The van der Waals surface area contributed by atoms with Gasteiger partial charge in [0, 0.05) is 24.0 Å². The van der Waals surface area contributed by atoms with Crippen LogP contribution >= 0.6 is 0 Å². The summed E-state index contributed by atoms with van der Waals surface area (Å²) in [4.78, 5) is 0. The van der Waals surface area contributed by atoms with Crippen molar-refractivity contribution in [2.45, 2.75) is 43.9 Å². The van der Waals surface area contributed by atoms with Crippen LogP contribution in [0.3, 0.4) is 0 Å². The van der Waals surface area contributed by atoms with Crippen LogP contribution in [0.5, 0.6) is 17.2 Å². The van der Waals surface area contributed by atoms with Crippen molar-refractivity contribution in [1.29, 1.82) is 0 Å². The third kappa shape index (κ3) is 2.42. The summed E-state index contributed by atoms with van der Waals surface area (Å²) in [5.74, 6) is 2.66. The fourth-order valence-corrected chi connectivity index (χ4v) is 4.94.